The molecule has 5 aromatic rings. The van der Waals surface area contributed by atoms with Gasteiger partial charge in [-0.15, -0.1) is 0 Å². The largest absolute Gasteiger partial charge is 0.493 e. The van der Waals surface area contributed by atoms with Gasteiger partial charge in [-0.05, 0) is 48.5 Å². The zero-order valence-corrected chi connectivity index (χ0v) is 18.8. The lowest BCUT2D eigenvalue weighted by molar-refractivity contribution is -0.118. The number of nitrogens with zero attached hydrogens (tertiary/aromatic N) is 2. The molecule has 1 amide bonds. The van der Waals surface area contributed by atoms with Gasteiger partial charge in [0, 0.05) is 11.3 Å². The van der Waals surface area contributed by atoms with Gasteiger partial charge in [-0.25, -0.2) is 13.8 Å². The van der Waals surface area contributed by atoms with Gasteiger partial charge in [-0.1, -0.05) is 35.6 Å². The van der Waals surface area contributed by atoms with E-state index in [1.54, 1.807) is 28.7 Å². The number of halogens is 1. The summed E-state index contributed by atoms with van der Waals surface area (Å²) in [5, 5.41) is 2.65. The standard InChI is InChI=1S/C25H18FN3O4S/c1-32-20-8-4-5-15(23(20)33-14-22(30)27-17-11-9-16(26)10-12-17)13-21-24(31)29-19-7-3-2-6-18(19)28-25(29)34-21/h2-13H,14H2,1H3,(H,27,30). The fourth-order valence-electron chi connectivity index (χ4n) is 3.58. The molecule has 0 saturated heterocycles. The number of amides is 1. The van der Waals surface area contributed by atoms with Crippen LogP contribution in [0.2, 0.25) is 0 Å². The van der Waals surface area contributed by atoms with E-state index in [0.717, 1.165) is 11.0 Å². The van der Waals surface area contributed by atoms with Crippen LogP contribution in [0.4, 0.5) is 10.1 Å². The summed E-state index contributed by atoms with van der Waals surface area (Å²) in [6.45, 7) is -0.304. The number of thiazole rings is 1. The molecule has 0 aliphatic heterocycles. The van der Waals surface area contributed by atoms with E-state index in [4.69, 9.17) is 9.47 Å². The first-order valence-corrected chi connectivity index (χ1v) is 11.1. The lowest BCUT2D eigenvalue weighted by Gasteiger charge is -2.13. The summed E-state index contributed by atoms with van der Waals surface area (Å²) >= 11 is 1.27. The van der Waals surface area contributed by atoms with Crippen LogP contribution in [0.25, 0.3) is 22.1 Å². The van der Waals surface area contributed by atoms with Crippen molar-refractivity contribution in [3.63, 3.8) is 0 Å². The first-order chi connectivity index (χ1) is 16.5. The Labute approximate surface area is 196 Å². The zero-order valence-electron chi connectivity index (χ0n) is 17.9. The van der Waals surface area contributed by atoms with Crippen molar-refractivity contribution in [3.05, 3.63) is 93.0 Å². The van der Waals surface area contributed by atoms with E-state index < -0.39 is 11.7 Å². The molecule has 0 fully saturated rings. The van der Waals surface area contributed by atoms with E-state index >= 15 is 0 Å². The van der Waals surface area contributed by atoms with Gasteiger partial charge < -0.3 is 14.8 Å². The molecule has 0 saturated carbocycles. The third kappa shape index (κ3) is 4.08. The van der Waals surface area contributed by atoms with Crippen LogP contribution in [0, 0.1) is 5.82 Å². The molecule has 0 bridgehead atoms. The summed E-state index contributed by atoms with van der Waals surface area (Å²) in [6, 6.07) is 18.1. The molecule has 2 aromatic heterocycles. The highest BCUT2D eigenvalue weighted by Crippen LogP contribution is 2.31. The average molecular weight is 476 g/mol. The minimum absolute atomic E-state index is 0.184. The summed E-state index contributed by atoms with van der Waals surface area (Å²) in [5.41, 5.74) is 2.36. The van der Waals surface area contributed by atoms with Gasteiger partial charge in [0.1, 0.15) is 5.82 Å². The molecule has 0 aliphatic rings. The number of benzene rings is 3. The molecular weight excluding hydrogens is 457 g/mol. The van der Waals surface area contributed by atoms with Crippen LogP contribution in [-0.2, 0) is 4.79 Å². The number of methoxy groups -OCH3 is 1. The maximum atomic E-state index is 13.1. The highest BCUT2D eigenvalue weighted by molar-refractivity contribution is 7.15. The van der Waals surface area contributed by atoms with Gasteiger partial charge >= 0.3 is 0 Å². The number of hydrogen-bond donors (Lipinski definition) is 1. The van der Waals surface area contributed by atoms with Crippen LogP contribution < -0.4 is 24.9 Å². The second-order valence-electron chi connectivity index (χ2n) is 7.36. The number of hydrogen-bond acceptors (Lipinski definition) is 6. The monoisotopic (exact) mass is 475 g/mol. The van der Waals surface area contributed by atoms with Crippen LogP contribution in [0.1, 0.15) is 5.56 Å². The van der Waals surface area contributed by atoms with E-state index in [2.05, 4.69) is 10.3 Å². The van der Waals surface area contributed by atoms with Crippen molar-refractivity contribution in [1.29, 1.82) is 0 Å². The molecule has 7 nitrogen and oxygen atoms in total. The molecule has 1 N–H and O–H groups in total. The van der Waals surface area contributed by atoms with E-state index in [9.17, 15) is 14.0 Å². The van der Waals surface area contributed by atoms with Crippen LogP contribution in [-0.4, -0.2) is 29.0 Å². The van der Waals surface area contributed by atoms with Crippen molar-refractivity contribution in [3.8, 4) is 11.5 Å². The maximum Gasteiger partial charge on any atom is 0.274 e. The van der Waals surface area contributed by atoms with Crippen LogP contribution in [0.5, 0.6) is 11.5 Å². The Morgan fingerprint density at radius 3 is 2.71 bits per heavy atom. The number of para-hydroxylation sites is 3. The molecule has 0 spiro atoms. The number of fused-ring (bicyclic) bond motifs is 3. The normalized spacial score (nSPS) is 11.8. The summed E-state index contributed by atoms with van der Waals surface area (Å²) in [5.74, 6) is -0.0682. The molecule has 0 unspecified atom stereocenters. The molecule has 0 aliphatic carbocycles. The van der Waals surface area contributed by atoms with Crippen molar-refractivity contribution in [2.45, 2.75) is 0 Å². The third-order valence-corrected chi connectivity index (χ3v) is 6.11. The number of ether oxygens (including phenoxy) is 2. The SMILES string of the molecule is COc1cccc(C=c2sc3nc4ccccc4n3c2=O)c1OCC(=O)Nc1ccc(F)cc1. The molecule has 9 heteroatoms. The average Bonchev–Trinajstić information content (AvgIpc) is 3.35. The smallest absolute Gasteiger partial charge is 0.274 e. The second kappa shape index (κ2) is 8.95. The Balaban J connectivity index is 1.46. The highest BCUT2D eigenvalue weighted by Gasteiger charge is 2.14. The molecular formula is C25H18FN3O4S. The first kappa shape index (κ1) is 21.6. The minimum atomic E-state index is -0.422. The van der Waals surface area contributed by atoms with Crippen molar-refractivity contribution < 1.29 is 18.7 Å². The van der Waals surface area contributed by atoms with Gasteiger partial charge in [0.25, 0.3) is 11.5 Å². The number of anilines is 1. The molecule has 2 heterocycles. The topological polar surface area (TPSA) is 81.9 Å². The van der Waals surface area contributed by atoms with Gasteiger partial charge in [-0.3, -0.25) is 9.59 Å². The predicted molar refractivity (Wildman–Crippen MR) is 129 cm³/mol. The van der Waals surface area contributed by atoms with E-state index in [-0.39, 0.29) is 12.2 Å². The summed E-state index contributed by atoms with van der Waals surface area (Å²) in [4.78, 5) is 30.6. The van der Waals surface area contributed by atoms with Gasteiger partial charge in [0.15, 0.2) is 23.1 Å². The molecule has 5 rings (SSSR count). The molecule has 0 radical (unpaired) electrons. The number of carbonyl (C=O) groups is 1. The summed E-state index contributed by atoms with van der Waals surface area (Å²) in [6.07, 6.45) is 1.70. The summed E-state index contributed by atoms with van der Waals surface area (Å²) in [7, 11) is 1.49. The van der Waals surface area contributed by atoms with Crippen molar-refractivity contribution in [1.82, 2.24) is 9.38 Å². The maximum absolute atomic E-state index is 13.1. The molecule has 170 valence electrons. The lowest BCUT2D eigenvalue weighted by Crippen LogP contribution is -2.23. The first-order valence-electron chi connectivity index (χ1n) is 10.3. The Morgan fingerprint density at radius 2 is 1.91 bits per heavy atom. The number of aromatic nitrogens is 2. The molecule has 3 aromatic carbocycles. The van der Waals surface area contributed by atoms with Crippen LogP contribution in [0.15, 0.2) is 71.5 Å². The molecule has 34 heavy (non-hydrogen) atoms. The highest BCUT2D eigenvalue weighted by atomic mass is 32.1. The predicted octanol–water partition coefficient (Wildman–Crippen LogP) is 3.62. The fourth-order valence-corrected chi connectivity index (χ4v) is 4.56. The summed E-state index contributed by atoms with van der Waals surface area (Å²) < 4.78 is 26.3. The van der Waals surface area contributed by atoms with E-state index in [1.165, 1.54) is 42.7 Å². The Morgan fingerprint density at radius 1 is 1.12 bits per heavy atom. The van der Waals surface area contributed by atoms with Crippen molar-refractivity contribution in [2.24, 2.45) is 0 Å². The zero-order chi connectivity index (χ0) is 23.7. The second-order valence-corrected chi connectivity index (χ2v) is 8.37. The van der Waals surface area contributed by atoms with Crippen LogP contribution >= 0.6 is 11.3 Å². The van der Waals surface area contributed by atoms with Gasteiger partial charge in [-0.2, -0.15) is 0 Å². The van der Waals surface area contributed by atoms with Gasteiger partial charge in [0.05, 0.1) is 22.7 Å². The van der Waals surface area contributed by atoms with Gasteiger partial charge in [0.2, 0.25) is 0 Å². The number of imidazole rings is 1. The van der Waals surface area contributed by atoms with Crippen molar-refractivity contribution in [2.75, 3.05) is 19.0 Å². The number of rotatable bonds is 6. The Bertz CT molecular complexity index is 1630. The number of nitrogens with one attached hydrogen (secondary N) is 1. The molecule has 0 atom stereocenters. The Kier molecular flexibility index (Phi) is 5.69. The van der Waals surface area contributed by atoms with Crippen LogP contribution in [0.3, 0.4) is 0 Å². The van der Waals surface area contributed by atoms with E-state index in [0.29, 0.717) is 32.2 Å². The minimum Gasteiger partial charge on any atom is -0.493 e. The number of carbonyl (C=O) groups excluding carboxylic acids is 1. The van der Waals surface area contributed by atoms with E-state index in [1.807, 2.05) is 24.3 Å². The lowest BCUT2D eigenvalue weighted by atomic mass is 10.1. The quantitative estimate of drug-likeness (QED) is 0.406. The Hall–Kier alpha value is -4.24. The van der Waals surface area contributed by atoms with Crippen molar-refractivity contribution >= 4 is 45.0 Å². The fraction of sp³-hybridized carbons (Fsp3) is 0.0800. The third-order valence-electron chi connectivity index (χ3n) is 5.14.